The minimum absolute atomic E-state index is 0.539. The number of hydrogen-bond donors (Lipinski definition) is 1. The van der Waals surface area contributed by atoms with Gasteiger partial charge >= 0.3 is 0 Å². The number of nitrogens with two attached hydrogens (primary N) is 1. The van der Waals surface area contributed by atoms with Gasteiger partial charge in [-0.25, -0.2) is 15.0 Å². The summed E-state index contributed by atoms with van der Waals surface area (Å²) < 4.78 is 0. The molecule has 0 radical (unpaired) electrons. The fourth-order valence-corrected chi connectivity index (χ4v) is 4.60. The van der Waals surface area contributed by atoms with E-state index in [1.807, 2.05) is 103 Å². The van der Waals surface area contributed by atoms with Gasteiger partial charge in [0.1, 0.15) is 5.84 Å². The molecule has 0 unspecified atom stereocenters. The third kappa shape index (κ3) is 5.22. The summed E-state index contributed by atoms with van der Waals surface area (Å²) in [5, 5.41) is 5.74. The Labute approximate surface area is 227 Å². The number of hydrogen-bond acceptors (Lipinski definition) is 3. The maximum Gasteiger partial charge on any atom is 0.159 e. The number of nitrogens with zero attached hydrogens (tertiary/aromatic N) is 3. The molecular formula is C35H26N4. The second-order valence-electron chi connectivity index (χ2n) is 9.15. The van der Waals surface area contributed by atoms with Gasteiger partial charge in [0.2, 0.25) is 0 Å². The van der Waals surface area contributed by atoms with Gasteiger partial charge < -0.3 is 5.73 Å². The van der Waals surface area contributed by atoms with E-state index in [-0.39, 0.29) is 0 Å². The van der Waals surface area contributed by atoms with Crippen LogP contribution in [-0.4, -0.2) is 15.8 Å². The molecule has 0 saturated carbocycles. The van der Waals surface area contributed by atoms with Gasteiger partial charge in [-0.3, -0.25) is 0 Å². The Balaban J connectivity index is 0.000000142. The van der Waals surface area contributed by atoms with Crippen LogP contribution in [0.2, 0.25) is 0 Å². The SMILES string of the molecule is NC(=Nc1cccc2ccccc12)c1ccccc1.c1ccc(-c2ncc3ccc4ccccc4c3n2)cc1. The van der Waals surface area contributed by atoms with E-state index in [1.54, 1.807) is 0 Å². The van der Waals surface area contributed by atoms with E-state index >= 15 is 0 Å². The molecule has 0 spiro atoms. The minimum Gasteiger partial charge on any atom is -0.383 e. The molecule has 39 heavy (non-hydrogen) atoms. The van der Waals surface area contributed by atoms with Crippen LogP contribution in [0.1, 0.15) is 5.56 Å². The van der Waals surface area contributed by atoms with Crippen molar-refractivity contribution in [2.24, 2.45) is 10.7 Å². The number of aromatic nitrogens is 2. The summed E-state index contributed by atoms with van der Waals surface area (Å²) in [6, 6.07) is 46.6. The molecular weight excluding hydrogens is 476 g/mol. The molecule has 0 aliphatic heterocycles. The molecule has 0 bridgehead atoms. The van der Waals surface area contributed by atoms with Crippen LogP contribution in [0.3, 0.4) is 0 Å². The van der Waals surface area contributed by atoms with Crippen LogP contribution >= 0.6 is 0 Å². The van der Waals surface area contributed by atoms with E-state index in [1.165, 1.54) is 16.2 Å². The highest BCUT2D eigenvalue weighted by atomic mass is 14.9. The van der Waals surface area contributed by atoms with E-state index in [9.17, 15) is 0 Å². The Bertz CT molecular complexity index is 1910. The molecule has 0 aliphatic carbocycles. The average molecular weight is 503 g/mol. The lowest BCUT2D eigenvalue weighted by Crippen LogP contribution is -2.12. The fraction of sp³-hybridized carbons (Fsp3) is 0. The monoisotopic (exact) mass is 502 g/mol. The molecule has 2 N–H and O–H groups in total. The highest BCUT2D eigenvalue weighted by Gasteiger charge is 2.06. The maximum absolute atomic E-state index is 6.07. The zero-order valence-corrected chi connectivity index (χ0v) is 21.3. The number of benzene rings is 6. The van der Waals surface area contributed by atoms with Crippen molar-refractivity contribution in [3.63, 3.8) is 0 Å². The van der Waals surface area contributed by atoms with Crippen molar-refractivity contribution in [2.75, 3.05) is 0 Å². The quantitative estimate of drug-likeness (QED) is 0.150. The second kappa shape index (κ2) is 11.0. The molecule has 4 heteroatoms. The van der Waals surface area contributed by atoms with Crippen molar-refractivity contribution >= 4 is 44.0 Å². The highest BCUT2D eigenvalue weighted by molar-refractivity contribution is 6.05. The first kappa shape index (κ1) is 24.0. The van der Waals surface area contributed by atoms with Crippen LogP contribution in [0.15, 0.2) is 151 Å². The molecule has 0 atom stereocenters. The smallest absolute Gasteiger partial charge is 0.159 e. The first-order valence-corrected chi connectivity index (χ1v) is 12.8. The number of aliphatic imine (C=N–C) groups is 1. The molecule has 186 valence electrons. The van der Waals surface area contributed by atoms with Gasteiger partial charge in [-0.15, -0.1) is 0 Å². The zero-order chi connectivity index (χ0) is 26.4. The largest absolute Gasteiger partial charge is 0.383 e. The number of amidine groups is 1. The molecule has 7 rings (SSSR count). The van der Waals surface area contributed by atoms with Gasteiger partial charge in [0, 0.05) is 33.5 Å². The molecule has 0 aliphatic rings. The molecule has 0 saturated heterocycles. The topological polar surface area (TPSA) is 64.2 Å². The predicted molar refractivity (Wildman–Crippen MR) is 163 cm³/mol. The second-order valence-corrected chi connectivity index (χ2v) is 9.15. The Kier molecular flexibility index (Phi) is 6.74. The van der Waals surface area contributed by atoms with Gasteiger partial charge in [0.05, 0.1) is 11.2 Å². The van der Waals surface area contributed by atoms with E-state index in [2.05, 4.69) is 52.4 Å². The Hall–Kier alpha value is -5.35. The van der Waals surface area contributed by atoms with E-state index in [4.69, 9.17) is 10.7 Å². The van der Waals surface area contributed by atoms with Crippen LogP contribution in [0.25, 0.3) is 43.8 Å². The van der Waals surface area contributed by atoms with Gasteiger partial charge in [-0.2, -0.15) is 0 Å². The molecule has 0 fully saturated rings. The lowest BCUT2D eigenvalue weighted by molar-refractivity contribution is 1.23. The van der Waals surface area contributed by atoms with Crippen LogP contribution in [0.5, 0.6) is 0 Å². The fourth-order valence-electron chi connectivity index (χ4n) is 4.60. The lowest BCUT2D eigenvalue weighted by Gasteiger charge is -2.05. The molecule has 1 heterocycles. The third-order valence-corrected chi connectivity index (χ3v) is 6.58. The van der Waals surface area contributed by atoms with Crippen molar-refractivity contribution < 1.29 is 0 Å². The lowest BCUT2D eigenvalue weighted by atomic mass is 10.1. The number of rotatable bonds is 3. The third-order valence-electron chi connectivity index (χ3n) is 6.58. The Morgan fingerprint density at radius 3 is 1.90 bits per heavy atom. The maximum atomic E-state index is 6.07. The van der Waals surface area contributed by atoms with Crippen LogP contribution < -0.4 is 5.73 Å². The summed E-state index contributed by atoms with van der Waals surface area (Å²) in [5.74, 6) is 1.31. The van der Waals surface area contributed by atoms with Crippen LogP contribution in [0, 0.1) is 0 Å². The Morgan fingerprint density at radius 1 is 0.538 bits per heavy atom. The van der Waals surface area contributed by atoms with Gasteiger partial charge in [0.15, 0.2) is 5.82 Å². The first-order valence-electron chi connectivity index (χ1n) is 12.8. The molecule has 6 aromatic carbocycles. The summed E-state index contributed by atoms with van der Waals surface area (Å²) in [5.41, 5.74) is 9.97. The summed E-state index contributed by atoms with van der Waals surface area (Å²) in [4.78, 5) is 13.8. The van der Waals surface area contributed by atoms with Crippen molar-refractivity contribution in [3.05, 3.63) is 151 Å². The molecule has 7 aromatic rings. The minimum atomic E-state index is 0.539. The average Bonchev–Trinajstić information content (AvgIpc) is 3.02. The molecule has 0 amide bonds. The van der Waals surface area contributed by atoms with E-state index in [0.717, 1.165) is 38.9 Å². The van der Waals surface area contributed by atoms with Gasteiger partial charge in [0.25, 0.3) is 0 Å². The normalized spacial score (nSPS) is 11.3. The molecule has 4 nitrogen and oxygen atoms in total. The van der Waals surface area contributed by atoms with Crippen LogP contribution in [-0.2, 0) is 0 Å². The summed E-state index contributed by atoms with van der Waals surface area (Å²) in [6.07, 6.45) is 1.90. The van der Waals surface area contributed by atoms with Crippen molar-refractivity contribution in [3.8, 4) is 11.4 Å². The van der Waals surface area contributed by atoms with Gasteiger partial charge in [-0.05, 0) is 16.8 Å². The Morgan fingerprint density at radius 2 is 1.13 bits per heavy atom. The summed E-state index contributed by atoms with van der Waals surface area (Å²) in [6.45, 7) is 0. The standard InChI is InChI=1S/C18H12N2.C17H14N2/c1-2-7-14(8-3-1)18-19-12-15-11-10-13-6-4-5-9-16(13)17(15)20-18;18-17(14-8-2-1-3-9-14)19-16-12-6-10-13-7-4-5-11-15(13)16/h1-12H;1-12H,(H2,18,19). The highest BCUT2D eigenvalue weighted by Crippen LogP contribution is 2.27. The van der Waals surface area contributed by atoms with Crippen molar-refractivity contribution in [1.29, 1.82) is 0 Å². The first-order chi connectivity index (χ1) is 19.3. The number of fused-ring (bicyclic) bond motifs is 4. The summed E-state index contributed by atoms with van der Waals surface area (Å²) >= 11 is 0. The van der Waals surface area contributed by atoms with E-state index in [0.29, 0.717) is 5.84 Å². The predicted octanol–water partition coefficient (Wildman–Crippen LogP) is 8.33. The molecule has 1 aromatic heterocycles. The zero-order valence-electron chi connectivity index (χ0n) is 21.3. The summed E-state index contributed by atoms with van der Waals surface area (Å²) in [7, 11) is 0. The van der Waals surface area contributed by atoms with Crippen molar-refractivity contribution in [1.82, 2.24) is 9.97 Å². The van der Waals surface area contributed by atoms with Gasteiger partial charge in [-0.1, -0.05) is 133 Å². The van der Waals surface area contributed by atoms with Crippen LogP contribution in [0.4, 0.5) is 5.69 Å². The van der Waals surface area contributed by atoms with E-state index < -0.39 is 0 Å². The van der Waals surface area contributed by atoms with Crippen molar-refractivity contribution in [2.45, 2.75) is 0 Å².